The maximum atomic E-state index is 13.2. The van der Waals surface area contributed by atoms with Crippen molar-refractivity contribution in [3.63, 3.8) is 0 Å². The number of anilines is 2. The first-order chi connectivity index (χ1) is 16.6. The molecule has 4 aromatic rings. The van der Waals surface area contributed by atoms with Gasteiger partial charge in [0.1, 0.15) is 5.82 Å². The lowest BCUT2D eigenvalue weighted by Crippen LogP contribution is -2.42. The van der Waals surface area contributed by atoms with E-state index in [-0.39, 0.29) is 16.5 Å². The number of nitrogens with zero attached hydrogens (tertiary/aromatic N) is 4. The van der Waals surface area contributed by atoms with Crippen molar-refractivity contribution in [3.05, 3.63) is 75.8 Å². The molecule has 5 rings (SSSR count). The van der Waals surface area contributed by atoms with E-state index in [0.29, 0.717) is 17.7 Å². The van der Waals surface area contributed by atoms with Crippen LogP contribution < -0.4 is 16.2 Å². The average Bonchev–Trinajstić information content (AvgIpc) is 3.09. The minimum Gasteiger partial charge on any atom is -0.340 e. The summed E-state index contributed by atoms with van der Waals surface area (Å²) in [6, 6.07) is 14.4. The van der Waals surface area contributed by atoms with Crippen LogP contribution in [-0.2, 0) is 23.9 Å². The number of nitrogens with one attached hydrogen (secondary N) is 2. The van der Waals surface area contributed by atoms with Crippen LogP contribution in [0.2, 0.25) is 0 Å². The fourth-order valence-electron chi connectivity index (χ4n) is 4.94. The Hall–Kier alpha value is -3.45. The molecule has 1 aliphatic heterocycles. The van der Waals surface area contributed by atoms with Gasteiger partial charge in [-0.2, -0.15) is 0 Å². The minimum absolute atomic E-state index is 0.0308. The SMILES string of the molecule is CCn1c(=O)c2cnc(Nc3ccc4c(c3)CCNC4(C)C)cc2n1-c1cccc(C(C)(C)C)n1. The Morgan fingerprint density at radius 3 is 2.69 bits per heavy atom. The molecule has 7 nitrogen and oxygen atoms in total. The third-order valence-electron chi connectivity index (χ3n) is 6.85. The van der Waals surface area contributed by atoms with Crippen LogP contribution in [-0.4, -0.2) is 25.9 Å². The highest BCUT2D eigenvalue weighted by atomic mass is 16.1. The normalized spacial score (nSPS) is 15.3. The van der Waals surface area contributed by atoms with Gasteiger partial charge in [-0.15, -0.1) is 0 Å². The number of benzene rings is 1. The summed E-state index contributed by atoms with van der Waals surface area (Å²) in [5.74, 6) is 1.42. The zero-order chi connectivity index (χ0) is 25.0. The van der Waals surface area contributed by atoms with Crippen molar-refractivity contribution in [1.29, 1.82) is 0 Å². The second kappa shape index (κ2) is 8.34. The van der Waals surface area contributed by atoms with Crippen molar-refractivity contribution < 1.29 is 0 Å². The first kappa shape index (κ1) is 23.3. The number of aromatic nitrogens is 4. The third-order valence-corrected chi connectivity index (χ3v) is 6.85. The van der Waals surface area contributed by atoms with E-state index in [9.17, 15) is 4.79 Å². The van der Waals surface area contributed by atoms with E-state index in [2.05, 4.69) is 68.4 Å². The molecule has 0 radical (unpaired) electrons. The lowest BCUT2D eigenvalue weighted by molar-refractivity contribution is 0.382. The van der Waals surface area contributed by atoms with E-state index in [1.807, 2.05) is 35.9 Å². The summed E-state index contributed by atoms with van der Waals surface area (Å²) in [4.78, 5) is 22.7. The molecule has 0 spiro atoms. The molecule has 182 valence electrons. The van der Waals surface area contributed by atoms with Crippen molar-refractivity contribution in [3.8, 4) is 5.82 Å². The summed E-state index contributed by atoms with van der Waals surface area (Å²) in [5.41, 5.74) is 5.24. The molecule has 0 unspecified atom stereocenters. The second-order valence-corrected chi connectivity index (χ2v) is 10.8. The largest absolute Gasteiger partial charge is 0.340 e. The van der Waals surface area contributed by atoms with E-state index in [1.54, 1.807) is 10.9 Å². The van der Waals surface area contributed by atoms with Gasteiger partial charge in [0, 0.05) is 41.1 Å². The molecule has 2 N–H and O–H groups in total. The molecule has 3 aromatic heterocycles. The van der Waals surface area contributed by atoms with Gasteiger partial charge < -0.3 is 10.6 Å². The number of hydrogen-bond donors (Lipinski definition) is 2. The molecule has 1 aromatic carbocycles. The minimum atomic E-state index is -0.0961. The molecule has 0 atom stereocenters. The molecule has 0 bridgehead atoms. The molecular weight excluding hydrogens is 436 g/mol. The van der Waals surface area contributed by atoms with Crippen LogP contribution in [0.4, 0.5) is 11.5 Å². The quantitative estimate of drug-likeness (QED) is 0.438. The summed E-state index contributed by atoms with van der Waals surface area (Å²) in [5, 5.41) is 7.62. The number of pyridine rings is 2. The molecule has 1 aliphatic rings. The van der Waals surface area contributed by atoms with Crippen LogP contribution >= 0.6 is 0 Å². The highest BCUT2D eigenvalue weighted by Gasteiger charge is 2.26. The van der Waals surface area contributed by atoms with Gasteiger partial charge in [-0.25, -0.2) is 19.3 Å². The molecule has 4 heterocycles. The fourth-order valence-corrected chi connectivity index (χ4v) is 4.94. The standard InChI is InChI=1S/C28H34N6O/c1-7-33-26(35)20-17-29-24(31-19-11-12-21-18(15-19)13-14-30-28(21,5)6)16-22(20)34(33)25-10-8-9-23(32-25)27(2,3)4/h8-12,15-17,30H,7,13-14H2,1-6H3,(H,29,31). The maximum Gasteiger partial charge on any atom is 0.276 e. The molecule has 0 saturated carbocycles. The van der Waals surface area contributed by atoms with Crippen LogP contribution in [0.1, 0.15) is 58.4 Å². The zero-order valence-corrected chi connectivity index (χ0v) is 21.4. The summed E-state index contributed by atoms with van der Waals surface area (Å²) in [7, 11) is 0. The Morgan fingerprint density at radius 1 is 1.14 bits per heavy atom. The van der Waals surface area contributed by atoms with E-state index in [1.165, 1.54) is 11.1 Å². The topological polar surface area (TPSA) is 76.8 Å². The van der Waals surface area contributed by atoms with Gasteiger partial charge in [-0.05, 0) is 69.1 Å². The molecule has 0 saturated heterocycles. The summed E-state index contributed by atoms with van der Waals surface area (Å²) >= 11 is 0. The van der Waals surface area contributed by atoms with Crippen LogP contribution in [0.5, 0.6) is 0 Å². The Kier molecular flexibility index (Phi) is 5.55. The van der Waals surface area contributed by atoms with Crippen molar-refractivity contribution >= 4 is 22.4 Å². The first-order valence-corrected chi connectivity index (χ1v) is 12.3. The van der Waals surface area contributed by atoms with Crippen molar-refractivity contribution in [2.45, 2.75) is 65.5 Å². The number of fused-ring (bicyclic) bond motifs is 2. The predicted octanol–water partition coefficient (Wildman–Crippen LogP) is 5.02. The lowest BCUT2D eigenvalue weighted by Gasteiger charge is -2.34. The summed E-state index contributed by atoms with van der Waals surface area (Å²) < 4.78 is 3.64. The van der Waals surface area contributed by atoms with Gasteiger partial charge >= 0.3 is 0 Å². The third kappa shape index (κ3) is 4.14. The van der Waals surface area contributed by atoms with Gasteiger partial charge in [0.05, 0.1) is 10.9 Å². The number of hydrogen-bond acceptors (Lipinski definition) is 5. The molecule has 7 heteroatoms. The fraction of sp³-hybridized carbons (Fsp3) is 0.393. The van der Waals surface area contributed by atoms with Crippen molar-refractivity contribution in [2.75, 3.05) is 11.9 Å². The monoisotopic (exact) mass is 470 g/mol. The molecule has 0 fully saturated rings. The predicted molar refractivity (Wildman–Crippen MR) is 142 cm³/mol. The van der Waals surface area contributed by atoms with E-state index in [4.69, 9.17) is 4.98 Å². The Bertz CT molecular complexity index is 1470. The highest BCUT2D eigenvalue weighted by Crippen LogP contribution is 2.31. The van der Waals surface area contributed by atoms with Gasteiger partial charge in [0.2, 0.25) is 0 Å². The molecule has 0 aliphatic carbocycles. The van der Waals surface area contributed by atoms with Crippen LogP contribution in [0.25, 0.3) is 16.7 Å². The van der Waals surface area contributed by atoms with Crippen molar-refractivity contribution in [1.82, 2.24) is 24.6 Å². The van der Waals surface area contributed by atoms with Crippen LogP contribution in [0.15, 0.2) is 53.5 Å². The van der Waals surface area contributed by atoms with Gasteiger partial charge in [0.15, 0.2) is 5.82 Å². The maximum absolute atomic E-state index is 13.2. The average molecular weight is 471 g/mol. The Balaban J connectivity index is 1.59. The smallest absolute Gasteiger partial charge is 0.276 e. The summed E-state index contributed by atoms with van der Waals surface area (Å²) in [6.45, 7) is 14.3. The van der Waals surface area contributed by atoms with Crippen LogP contribution in [0.3, 0.4) is 0 Å². The van der Waals surface area contributed by atoms with E-state index < -0.39 is 0 Å². The first-order valence-electron chi connectivity index (χ1n) is 12.3. The summed E-state index contributed by atoms with van der Waals surface area (Å²) in [6.07, 6.45) is 2.66. The Morgan fingerprint density at radius 2 is 1.94 bits per heavy atom. The highest BCUT2D eigenvalue weighted by molar-refractivity contribution is 5.82. The van der Waals surface area contributed by atoms with Crippen LogP contribution in [0, 0.1) is 0 Å². The van der Waals surface area contributed by atoms with Crippen molar-refractivity contribution in [2.24, 2.45) is 0 Å². The molecule has 35 heavy (non-hydrogen) atoms. The second-order valence-electron chi connectivity index (χ2n) is 10.8. The van der Waals surface area contributed by atoms with E-state index in [0.717, 1.165) is 35.7 Å². The van der Waals surface area contributed by atoms with Gasteiger partial charge in [0.25, 0.3) is 5.56 Å². The van der Waals surface area contributed by atoms with E-state index >= 15 is 0 Å². The van der Waals surface area contributed by atoms with Gasteiger partial charge in [-0.1, -0.05) is 32.9 Å². The van der Waals surface area contributed by atoms with Gasteiger partial charge in [-0.3, -0.25) is 4.79 Å². The number of rotatable bonds is 4. The molecule has 0 amide bonds. The zero-order valence-electron chi connectivity index (χ0n) is 21.4. The molecular formula is C28H34N6O. The Labute approximate surface area is 206 Å². The lowest BCUT2D eigenvalue weighted by atomic mass is 9.85.